The quantitative estimate of drug-likeness (QED) is 0.193. The molecular formula is C42H31N3. The van der Waals surface area contributed by atoms with E-state index < -0.39 is 0 Å². The van der Waals surface area contributed by atoms with E-state index in [1.54, 1.807) is 0 Å². The van der Waals surface area contributed by atoms with Gasteiger partial charge in [-0.3, -0.25) is 4.98 Å². The molecule has 0 aliphatic heterocycles. The predicted molar refractivity (Wildman–Crippen MR) is 191 cm³/mol. The topological polar surface area (TPSA) is 22.8 Å². The summed E-state index contributed by atoms with van der Waals surface area (Å²) in [4.78, 5) is 4.64. The molecule has 0 bridgehead atoms. The van der Waals surface area contributed by atoms with Crippen LogP contribution in [0, 0.1) is 0 Å². The fourth-order valence-corrected chi connectivity index (χ4v) is 6.66. The van der Waals surface area contributed by atoms with Gasteiger partial charge in [0.1, 0.15) is 0 Å². The first kappa shape index (κ1) is 26.7. The van der Waals surface area contributed by atoms with Crippen molar-refractivity contribution in [3.8, 4) is 33.6 Å². The van der Waals surface area contributed by atoms with E-state index >= 15 is 0 Å². The van der Waals surface area contributed by atoms with Crippen LogP contribution in [0.2, 0.25) is 0 Å². The van der Waals surface area contributed by atoms with Crippen LogP contribution in [-0.2, 0) is 0 Å². The molecule has 0 fully saturated rings. The molecule has 45 heavy (non-hydrogen) atoms. The van der Waals surface area contributed by atoms with Gasteiger partial charge in [0.15, 0.2) is 0 Å². The molecule has 8 aromatic rings. The van der Waals surface area contributed by atoms with Crippen LogP contribution in [0.25, 0.3) is 78.5 Å². The zero-order chi connectivity index (χ0) is 30.3. The second-order valence-electron chi connectivity index (χ2n) is 11.3. The van der Waals surface area contributed by atoms with Crippen molar-refractivity contribution in [2.75, 3.05) is 0 Å². The molecule has 5 aromatic carbocycles. The number of hydrogen-bond donors (Lipinski definition) is 0. The van der Waals surface area contributed by atoms with E-state index in [1.165, 1.54) is 32.7 Å². The van der Waals surface area contributed by atoms with E-state index in [0.717, 1.165) is 44.9 Å². The second-order valence-corrected chi connectivity index (χ2v) is 11.3. The monoisotopic (exact) mass is 577 g/mol. The summed E-state index contributed by atoms with van der Waals surface area (Å²) in [5.74, 6) is 0. The van der Waals surface area contributed by atoms with E-state index in [4.69, 9.17) is 0 Å². The number of aromatic nitrogens is 3. The number of pyridine rings is 1. The zero-order valence-corrected chi connectivity index (χ0v) is 25.1. The van der Waals surface area contributed by atoms with Gasteiger partial charge >= 0.3 is 0 Å². The molecule has 0 spiro atoms. The highest BCUT2D eigenvalue weighted by molar-refractivity contribution is 6.09. The fraction of sp³-hybridized carbons (Fsp3) is 0.0238. The van der Waals surface area contributed by atoms with Crippen LogP contribution in [0.1, 0.15) is 18.2 Å². The lowest BCUT2D eigenvalue weighted by atomic mass is 10.0. The SMILES string of the molecule is C=Cc1c(/C=C\C)n(-c2ccc(-c3cncc(-c4ccc(-n5c6ccccc6c6ccccc65)cc4)c3)cc2)c2ccccc12. The second kappa shape index (κ2) is 11.0. The molecular weight excluding hydrogens is 546 g/mol. The first-order valence-corrected chi connectivity index (χ1v) is 15.3. The third kappa shape index (κ3) is 4.40. The summed E-state index contributed by atoms with van der Waals surface area (Å²) in [5.41, 5.74) is 12.6. The standard InChI is InChI=1S/C42H31N3/c1-3-11-39-35(4-2)36-12-5-8-15-40(36)44(39)33-22-18-29(19-23-33)31-26-32(28-43-27-31)30-20-24-34(25-21-30)45-41-16-9-6-13-37(41)38-14-7-10-17-42(38)45/h3-28H,2H2,1H3/b11-3-. The Labute approximate surface area is 262 Å². The van der Waals surface area contributed by atoms with Crippen LogP contribution < -0.4 is 0 Å². The molecule has 0 saturated carbocycles. The molecule has 3 aromatic heterocycles. The average Bonchev–Trinajstić information content (AvgIpc) is 3.61. The Bertz CT molecular complexity index is 2330. The molecule has 0 amide bonds. The minimum absolute atomic E-state index is 1.09. The van der Waals surface area contributed by atoms with Crippen molar-refractivity contribution in [1.29, 1.82) is 0 Å². The first-order valence-electron chi connectivity index (χ1n) is 15.3. The number of hydrogen-bond acceptors (Lipinski definition) is 1. The van der Waals surface area contributed by atoms with Crippen molar-refractivity contribution in [2.24, 2.45) is 0 Å². The molecule has 0 atom stereocenters. The maximum absolute atomic E-state index is 4.64. The Morgan fingerprint density at radius 2 is 1.00 bits per heavy atom. The molecule has 0 aliphatic carbocycles. The third-order valence-electron chi connectivity index (χ3n) is 8.72. The van der Waals surface area contributed by atoms with Gasteiger partial charge in [-0.25, -0.2) is 0 Å². The van der Waals surface area contributed by atoms with Crippen LogP contribution in [-0.4, -0.2) is 14.1 Å². The molecule has 3 heteroatoms. The highest BCUT2D eigenvalue weighted by Gasteiger charge is 2.15. The summed E-state index contributed by atoms with van der Waals surface area (Å²) in [6, 6.07) is 45.5. The van der Waals surface area contributed by atoms with E-state index in [9.17, 15) is 0 Å². The predicted octanol–water partition coefficient (Wildman–Crippen LogP) is 11.1. The van der Waals surface area contributed by atoms with E-state index in [1.807, 2.05) is 18.5 Å². The van der Waals surface area contributed by atoms with Gasteiger partial charge in [0.25, 0.3) is 0 Å². The number of allylic oxidation sites excluding steroid dienone is 1. The smallest absolute Gasteiger partial charge is 0.0541 e. The van der Waals surface area contributed by atoms with Crippen molar-refractivity contribution >= 4 is 44.9 Å². The molecule has 0 N–H and O–H groups in total. The molecule has 0 unspecified atom stereocenters. The lowest BCUT2D eigenvalue weighted by Crippen LogP contribution is -1.97. The summed E-state index contributed by atoms with van der Waals surface area (Å²) in [6.07, 6.45) is 10.1. The van der Waals surface area contributed by atoms with Gasteiger partial charge in [-0.2, -0.15) is 0 Å². The minimum Gasteiger partial charge on any atom is -0.309 e. The van der Waals surface area contributed by atoms with E-state index in [-0.39, 0.29) is 0 Å². The highest BCUT2D eigenvalue weighted by atomic mass is 15.0. The van der Waals surface area contributed by atoms with Crippen LogP contribution in [0.15, 0.2) is 152 Å². The molecule has 3 heterocycles. The van der Waals surface area contributed by atoms with Crippen molar-refractivity contribution in [3.63, 3.8) is 0 Å². The van der Waals surface area contributed by atoms with Crippen LogP contribution >= 0.6 is 0 Å². The minimum atomic E-state index is 1.09. The van der Waals surface area contributed by atoms with Crippen molar-refractivity contribution in [2.45, 2.75) is 6.92 Å². The summed E-state index contributed by atoms with van der Waals surface area (Å²) < 4.78 is 4.65. The summed E-state index contributed by atoms with van der Waals surface area (Å²) in [7, 11) is 0. The summed E-state index contributed by atoms with van der Waals surface area (Å²) in [6.45, 7) is 6.16. The van der Waals surface area contributed by atoms with Gasteiger partial charge in [0.05, 0.1) is 22.2 Å². The Morgan fingerprint density at radius 1 is 0.533 bits per heavy atom. The molecule has 8 rings (SSSR count). The zero-order valence-electron chi connectivity index (χ0n) is 25.1. The molecule has 0 aliphatic rings. The first-order chi connectivity index (χ1) is 22.2. The van der Waals surface area contributed by atoms with Crippen molar-refractivity contribution in [1.82, 2.24) is 14.1 Å². The van der Waals surface area contributed by atoms with E-state index in [2.05, 4.69) is 167 Å². The lowest BCUT2D eigenvalue weighted by Gasteiger charge is -2.12. The average molecular weight is 578 g/mol. The molecule has 0 radical (unpaired) electrons. The van der Waals surface area contributed by atoms with Gasteiger partial charge in [-0.05, 0) is 72.7 Å². The normalized spacial score (nSPS) is 11.7. The Balaban J connectivity index is 1.14. The third-order valence-corrected chi connectivity index (χ3v) is 8.72. The van der Waals surface area contributed by atoms with Gasteiger partial charge < -0.3 is 9.13 Å². The van der Waals surface area contributed by atoms with Crippen LogP contribution in [0.4, 0.5) is 0 Å². The maximum atomic E-state index is 4.64. The maximum Gasteiger partial charge on any atom is 0.0541 e. The molecule has 0 saturated heterocycles. The largest absolute Gasteiger partial charge is 0.309 e. The lowest BCUT2D eigenvalue weighted by molar-refractivity contribution is 1.10. The number of benzene rings is 5. The number of para-hydroxylation sites is 3. The number of nitrogens with zero attached hydrogens (tertiary/aromatic N) is 3. The Kier molecular flexibility index (Phi) is 6.50. The van der Waals surface area contributed by atoms with Gasteiger partial charge in [-0.1, -0.05) is 97.6 Å². The Morgan fingerprint density at radius 3 is 1.51 bits per heavy atom. The van der Waals surface area contributed by atoms with Crippen LogP contribution in [0.3, 0.4) is 0 Å². The van der Waals surface area contributed by atoms with Crippen LogP contribution in [0.5, 0.6) is 0 Å². The Hall–Kier alpha value is -5.93. The highest BCUT2D eigenvalue weighted by Crippen LogP contribution is 2.35. The summed E-state index contributed by atoms with van der Waals surface area (Å²) >= 11 is 0. The van der Waals surface area contributed by atoms with E-state index in [0.29, 0.717) is 0 Å². The van der Waals surface area contributed by atoms with Gasteiger partial charge in [0.2, 0.25) is 0 Å². The number of rotatable bonds is 6. The molecule has 3 nitrogen and oxygen atoms in total. The van der Waals surface area contributed by atoms with Gasteiger partial charge in [0, 0.05) is 56.6 Å². The number of fused-ring (bicyclic) bond motifs is 4. The van der Waals surface area contributed by atoms with Crippen molar-refractivity contribution < 1.29 is 0 Å². The fourth-order valence-electron chi connectivity index (χ4n) is 6.66. The van der Waals surface area contributed by atoms with Gasteiger partial charge in [-0.15, -0.1) is 0 Å². The summed E-state index contributed by atoms with van der Waals surface area (Å²) in [5, 5.41) is 3.74. The van der Waals surface area contributed by atoms with Crippen molar-refractivity contribution in [3.05, 3.63) is 164 Å². The molecule has 214 valence electrons.